The van der Waals surface area contributed by atoms with Crippen molar-refractivity contribution in [3.63, 3.8) is 0 Å². The standard InChI is InChI=1S/C22H24FN5O2S.HI/c23-19-7-3-5-17(13-19)16-28-31(29,30)21-9-4-6-18(14-21)15-27-22(24)26-12-10-20-8-1-2-11-25-20;/h1-9,11,13-14,28H,10,12,15-16H2,(H3,24,26,27);1H. The average Bonchev–Trinajstić information content (AvgIpc) is 2.77. The average molecular weight is 569 g/mol. The summed E-state index contributed by atoms with van der Waals surface area (Å²) in [5.74, 6) is -0.142. The summed E-state index contributed by atoms with van der Waals surface area (Å²) in [7, 11) is -3.75. The molecule has 0 aliphatic rings. The van der Waals surface area contributed by atoms with E-state index in [0.29, 0.717) is 24.1 Å². The van der Waals surface area contributed by atoms with E-state index in [4.69, 9.17) is 5.73 Å². The molecule has 0 spiro atoms. The topological polar surface area (TPSA) is 109 Å². The van der Waals surface area contributed by atoms with Crippen molar-refractivity contribution >= 4 is 40.0 Å². The van der Waals surface area contributed by atoms with E-state index in [1.54, 1.807) is 30.5 Å². The highest BCUT2D eigenvalue weighted by Gasteiger charge is 2.14. The molecule has 0 atom stereocenters. The number of halogens is 2. The maximum Gasteiger partial charge on any atom is 0.240 e. The Morgan fingerprint density at radius 3 is 2.56 bits per heavy atom. The van der Waals surface area contributed by atoms with Crippen LogP contribution < -0.4 is 15.8 Å². The minimum Gasteiger partial charge on any atom is -0.370 e. The lowest BCUT2D eigenvalue weighted by Crippen LogP contribution is -2.33. The van der Waals surface area contributed by atoms with E-state index in [-0.39, 0.29) is 47.9 Å². The summed E-state index contributed by atoms with van der Waals surface area (Å²) in [6, 6.07) is 18.0. The normalized spacial score (nSPS) is 11.6. The number of rotatable bonds is 9. The molecule has 1 heterocycles. The van der Waals surface area contributed by atoms with Gasteiger partial charge < -0.3 is 11.1 Å². The lowest BCUT2D eigenvalue weighted by Gasteiger charge is -2.09. The van der Waals surface area contributed by atoms with E-state index in [2.05, 4.69) is 20.0 Å². The van der Waals surface area contributed by atoms with Crippen LogP contribution in [0.2, 0.25) is 0 Å². The van der Waals surface area contributed by atoms with Gasteiger partial charge in [0.15, 0.2) is 5.96 Å². The van der Waals surface area contributed by atoms with E-state index >= 15 is 0 Å². The van der Waals surface area contributed by atoms with Crippen molar-refractivity contribution in [2.45, 2.75) is 24.4 Å². The Hall–Kier alpha value is -2.57. The fourth-order valence-corrected chi connectivity index (χ4v) is 3.90. The molecule has 0 fully saturated rings. The van der Waals surface area contributed by atoms with Gasteiger partial charge in [-0.1, -0.05) is 30.3 Å². The fraction of sp³-hybridized carbons (Fsp3) is 0.182. The lowest BCUT2D eigenvalue weighted by molar-refractivity contribution is 0.580. The van der Waals surface area contributed by atoms with Gasteiger partial charge in [0.1, 0.15) is 5.82 Å². The number of pyridine rings is 1. The first-order valence-corrected chi connectivity index (χ1v) is 11.2. The monoisotopic (exact) mass is 569 g/mol. The zero-order valence-electron chi connectivity index (χ0n) is 17.2. The van der Waals surface area contributed by atoms with Crippen LogP contribution in [0, 0.1) is 5.82 Å². The summed E-state index contributed by atoms with van der Waals surface area (Å²) in [6.45, 7) is 0.816. The molecule has 0 unspecified atom stereocenters. The summed E-state index contributed by atoms with van der Waals surface area (Å²) in [5.41, 5.74) is 8.07. The number of aromatic nitrogens is 1. The summed E-state index contributed by atoms with van der Waals surface area (Å²) in [5, 5.41) is 3.02. The van der Waals surface area contributed by atoms with Crippen LogP contribution in [0.15, 0.2) is 82.8 Å². The quantitative estimate of drug-likeness (QED) is 0.209. The molecule has 10 heteroatoms. The molecule has 0 amide bonds. The molecule has 170 valence electrons. The maximum atomic E-state index is 13.3. The minimum absolute atomic E-state index is 0. The van der Waals surface area contributed by atoms with Crippen molar-refractivity contribution in [2.75, 3.05) is 6.54 Å². The van der Waals surface area contributed by atoms with Gasteiger partial charge in [-0.15, -0.1) is 24.0 Å². The van der Waals surface area contributed by atoms with Crippen LogP contribution >= 0.6 is 24.0 Å². The van der Waals surface area contributed by atoms with Crippen molar-refractivity contribution in [3.05, 3.63) is 95.6 Å². The summed E-state index contributed by atoms with van der Waals surface area (Å²) in [4.78, 5) is 8.61. The molecule has 0 saturated heterocycles. The van der Waals surface area contributed by atoms with Gasteiger partial charge in [0, 0.05) is 31.4 Å². The molecule has 32 heavy (non-hydrogen) atoms. The Labute approximate surface area is 204 Å². The highest BCUT2D eigenvalue weighted by atomic mass is 127. The highest BCUT2D eigenvalue weighted by molar-refractivity contribution is 14.0. The Morgan fingerprint density at radius 2 is 1.81 bits per heavy atom. The van der Waals surface area contributed by atoms with Crippen molar-refractivity contribution in [3.8, 4) is 0 Å². The minimum atomic E-state index is -3.75. The second-order valence-corrected chi connectivity index (χ2v) is 8.57. The third-order valence-corrected chi connectivity index (χ3v) is 5.81. The molecule has 0 aliphatic carbocycles. The zero-order valence-corrected chi connectivity index (χ0v) is 20.4. The van der Waals surface area contributed by atoms with Crippen LogP contribution in [-0.4, -0.2) is 25.9 Å². The van der Waals surface area contributed by atoms with Crippen LogP contribution in [0.25, 0.3) is 0 Å². The van der Waals surface area contributed by atoms with Gasteiger partial charge >= 0.3 is 0 Å². The molecule has 7 nitrogen and oxygen atoms in total. The first kappa shape index (κ1) is 25.7. The molecule has 3 aromatic rings. The van der Waals surface area contributed by atoms with Crippen molar-refractivity contribution in [2.24, 2.45) is 10.7 Å². The number of aliphatic imine (C=N–C) groups is 1. The number of hydrogen-bond donors (Lipinski definition) is 3. The van der Waals surface area contributed by atoms with Crippen LogP contribution in [-0.2, 0) is 29.5 Å². The van der Waals surface area contributed by atoms with Gasteiger partial charge in [-0.3, -0.25) is 4.98 Å². The highest BCUT2D eigenvalue weighted by Crippen LogP contribution is 2.13. The number of nitrogens with two attached hydrogens (primary N) is 1. The smallest absolute Gasteiger partial charge is 0.240 e. The third kappa shape index (κ3) is 8.17. The van der Waals surface area contributed by atoms with Crippen molar-refractivity contribution < 1.29 is 12.8 Å². The van der Waals surface area contributed by atoms with Gasteiger partial charge in [-0.05, 0) is 47.5 Å². The number of nitrogens with zero attached hydrogens (tertiary/aromatic N) is 2. The number of nitrogens with one attached hydrogen (secondary N) is 2. The number of sulfonamides is 1. The first-order valence-electron chi connectivity index (χ1n) is 9.69. The van der Waals surface area contributed by atoms with Gasteiger partial charge in [0.05, 0.1) is 11.4 Å². The summed E-state index contributed by atoms with van der Waals surface area (Å²) >= 11 is 0. The van der Waals surface area contributed by atoms with Crippen LogP contribution in [0.1, 0.15) is 16.8 Å². The second-order valence-electron chi connectivity index (χ2n) is 6.80. The molecule has 1 aromatic heterocycles. The van der Waals surface area contributed by atoms with Gasteiger partial charge in [-0.2, -0.15) is 0 Å². The number of guanidine groups is 1. The summed E-state index contributed by atoms with van der Waals surface area (Å²) in [6.07, 6.45) is 2.45. The van der Waals surface area contributed by atoms with Gasteiger partial charge in [0.25, 0.3) is 0 Å². The van der Waals surface area contributed by atoms with Crippen molar-refractivity contribution in [1.82, 2.24) is 15.0 Å². The molecular weight excluding hydrogens is 544 g/mol. The van der Waals surface area contributed by atoms with E-state index in [9.17, 15) is 12.8 Å². The van der Waals surface area contributed by atoms with E-state index in [0.717, 1.165) is 5.69 Å². The van der Waals surface area contributed by atoms with E-state index in [1.807, 2.05) is 18.2 Å². The van der Waals surface area contributed by atoms with E-state index < -0.39 is 15.8 Å². The van der Waals surface area contributed by atoms with Gasteiger partial charge in [-0.25, -0.2) is 22.5 Å². The van der Waals surface area contributed by atoms with Crippen LogP contribution in [0.3, 0.4) is 0 Å². The lowest BCUT2D eigenvalue weighted by atomic mass is 10.2. The molecule has 3 rings (SSSR count). The van der Waals surface area contributed by atoms with E-state index in [1.165, 1.54) is 24.3 Å². The molecule has 0 bridgehead atoms. The zero-order chi connectivity index (χ0) is 22.1. The second kappa shape index (κ2) is 12.5. The summed E-state index contributed by atoms with van der Waals surface area (Å²) < 4.78 is 40.9. The van der Waals surface area contributed by atoms with Crippen LogP contribution in [0.5, 0.6) is 0 Å². The molecule has 0 aliphatic heterocycles. The Bertz CT molecular complexity index is 1140. The predicted molar refractivity (Wildman–Crippen MR) is 134 cm³/mol. The molecular formula is C22H25FIN5O2S. The number of benzene rings is 2. The molecule has 2 aromatic carbocycles. The molecule has 4 N–H and O–H groups in total. The largest absolute Gasteiger partial charge is 0.370 e. The number of hydrogen-bond acceptors (Lipinski definition) is 4. The van der Waals surface area contributed by atoms with Gasteiger partial charge in [0.2, 0.25) is 10.0 Å². The maximum absolute atomic E-state index is 13.3. The van der Waals surface area contributed by atoms with Crippen LogP contribution in [0.4, 0.5) is 4.39 Å². The SMILES string of the molecule is I.NC(=NCc1cccc(S(=O)(=O)NCc2cccc(F)c2)c1)NCCc1ccccn1. The third-order valence-electron chi connectivity index (χ3n) is 4.41. The Morgan fingerprint density at radius 1 is 1.03 bits per heavy atom. The predicted octanol–water partition coefficient (Wildman–Crippen LogP) is 2.96. The van der Waals surface area contributed by atoms with Crippen molar-refractivity contribution in [1.29, 1.82) is 0 Å². The Balaban J connectivity index is 0.00000363. The first-order chi connectivity index (χ1) is 14.9. The Kier molecular flexibility index (Phi) is 10.0. The molecule has 0 saturated carbocycles. The molecule has 0 radical (unpaired) electrons. The fourth-order valence-electron chi connectivity index (χ4n) is 2.82.